The maximum atomic E-state index is 13.5. The molecular weight excluding hydrogens is 528 g/mol. The second-order valence-electron chi connectivity index (χ2n) is 8.92. The summed E-state index contributed by atoms with van der Waals surface area (Å²) in [4.78, 5) is 38.1. The van der Waals surface area contributed by atoms with Crippen LogP contribution < -0.4 is 16.0 Å². The first-order valence-corrected chi connectivity index (χ1v) is 13.5. The largest absolute Gasteiger partial charge is 0.468 e. The van der Waals surface area contributed by atoms with E-state index in [0.717, 1.165) is 5.56 Å². The molecule has 3 aromatic rings. The number of rotatable bonds is 9. The third kappa shape index (κ3) is 6.62. The molecule has 3 N–H and O–H groups in total. The summed E-state index contributed by atoms with van der Waals surface area (Å²) in [5.41, 5.74) is 3.68. The van der Waals surface area contributed by atoms with Crippen molar-refractivity contribution in [2.24, 2.45) is 0 Å². The molecule has 0 aliphatic carbocycles. The van der Waals surface area contributed by atoms with E-state index in [1.165, 1.54) is 18.0 Å². The van der Waals surface area contributed by atoms with Crippen LogP contribution in [0.3, 0.4) is 0 Å². The summed E-state index contributed by atoms with van der Waals surface area (Å²) in [7, 11) is 0. The second-order valence-corrected chi connectivity index (χ2v) is 9.91. The summed E-state index contributed by atoms with van der Waals surface area (Å²) in [5, 5.41) is 19.5. The average molecular weight is 557 g/mol. The van der Waals surface area contributed by atoms with Crippen LogP contribution in [-0.4, -0.2) is 30.1 Å². The van der Waals surface area contributed by atoms with Gasteiger partial charge in [-0.05, 0) is 69.3 Å². The van der Waals surface area contributed by atoms with Crippen LogP contribution >= 0.6 is 11.8 Å². The lowest BCUT2D eigenvalue weighted by molar-refractivity contribution is -0.114. The van der Waals surface area contributed by atoms with E-state index in [0.29, 0.717) is 39.0 Å². The number of carbonyl (C=O) groups is 3. The fraction of sp³-hybridized carbons (Fsp3) is 0.200. The lowest BCUT2D eigenvalue weighted by Crippen LogP contribution is -2.31. The Bertz CT molecular complexity index is 1500. The molecule has 1 atom stereocenters. The first-order valence-electron chi connectivity index (χ1n) is 12.5. The molecule has 0 fully saturated rings. The van der Waals surface area contributed by atoms with E-state index in [1.54, 1.807) is 50.2 Å². The maximum Gasteiger partial charge on any atom is 0.338 e. The Hall–Kier alpha value is -4.75. The van der Waals surface area contributed by atoms with Crippen LogP contribution in [0.5, 0.6) is 0 Å². The molecule has 1 aromatic heterocycles. The Kier molecular flexibility index (Phi) is 9.09. The first kappa shape index (κ1) is 28.3. The Labute approximate surface area is 236 Å². The van der Waals surface area contributed by atoms with Crippen LogP contribution in [0.25, 0.3) is 0 Å². The number of amides is 2. The number of anilines is 2. The van der Waals surface area contributed by atoms with Gasteiger partial charge in [-0.15, -0.1) is 0 Å². The minimum atomic E-state index is -0.789. The zero-order chi connectivity index (χ0) is 28.6. The quantitative estimate of drug-likeness (QED) is 0.296. The summed E-state index contributed by atoms with van der Waals surface area (Å²) in [6.45, 7) is 5.69. The van der Waals surface area contributed by atoms with Gasteiger partial charge >= 0.3 is 5.97 Å². The first-order chi connectivity index (χ1) is 19.3. The molecule has 10 heteroatoms. The SMILES string of the molecule is CCOC(=O)c1ccc(NC(=O)C2=C(C)NC(SCC(=O)Nc3ccc(C)cc3)=C(C#N)[C@H]2c2ccco2)cc1. The third-order valence-corrected chi connectivity index (χ3v) is 7.07. The van der Waals surface area contributed by atoms with Gasteiger partial charge in [0.2, 0.25) is 5.91 Å². The van der Waals surface area contributed by atoms with Crippen molar-refractivity contribution in [2.45, 2.75) is 26.7 Å². The number of aryl methyl sites for hydroxylation is 1. The molecule has 0 saturated heterocycles. The van der Waals surface area contributed by atoms with Gasteiger partial charge in [-0.2, -0.15) is 5.26 Å². The number of furan rings is 1. The Morgan fingerprint density at radius 1 is 1.02 bits per heavy atom. The van der Waals surface area contributed by atoms with Crippen molar-refractivity contribution >= 4 is 40.9 Å². The zero-order valence-electron chi connectivity index (χ0n) is 22.2. The fourth-order valence-electron chi connectivity index (χ4n) is 4.14. The van der Waals surface area contributed by atoms with E-state index in [1.807, 2.05) is 31.2 Å². The van der Waals surface area contributed by atoms with Gasteiger partial charge in [-0.3, -0.25) is 9.59 Å². The number of dihydropyridines is 1. The molecule has 0 saturated carbocycles. The molecule has 2 heterocycles. The highest BCUT2D eigenvalue weighted by atomic mass is 32.2. The molecule has 2 aromatic carbocycles. The van der Waals surface area contributed by atoms with Crippen LogP contribution in [0.1, 0.15) is 41.4 Å². The van der Waals surface area contributed by atoms with Crippen LogP contribution in [0.4, 0.5) is 11.4 Å². The van der Waals surface area contributed by atoms with E-state index < -0.39 is 17.8 Å². The normalized spacial score (nSPS) is 14.7. The topological polar surface area (TPSA) is 133 Å². The highest BCUT2D eigenvalue weighted by molar-refractivity contribution is 8.03. The van der Waals surface area contributed by atoms with Gasteiger partial charge in [0.1, 0.15) is 5.76 Å². The Balaban J connectivity index is 1.54. The number of hydrogen-bond acceptors (Lipinski definition) is 8. The molecule has 1 aliphatic heterocycles. The van der Waals surface area contributed by atoms with E-state index >= 15 is 0 Å². The Morgan fingerprint density at radius 3 is 2.33 bits per heavy atom. The van der Waals surface area contributed by atoms with Crippen molar-refractivity contribution < 1.29 is 23.5 Å². The number of allylic oxidation sites excluding steroid dienone is 2. The number of carbonyl (C=O) groups excluding carboxylic acids is 3. The average Bonchev–Trinajstić information content (AvgIpc) is 3.48. The lowest BCUT2D eigenvalue weighted by atomic mass is 9.85. The molecule has 1 aliphatic rings. The number of nitriles is 1. The molecule has 0 spiro atoms. The summed E-state index contributed by atoms with van der Waals surface area (Å²) < 4.78 is 10.6. The van der Waals surface area contributed by atoms with Crippen LogP contribution in [0.15, 0.2) is 93.2 Å². The molecule has 0 unspecified atom stereocenters. The van der Waals surface area contributed by atoms with Gasteiger partial charge in [0, 0.05) is 17.1 Å². The van der Waals surface area contributed by atoms with Crippen molar-refractivity contribution in [3.63, 3.8) is 0 Å². The standard InChI is InChI=1S/C30H28N4O5S/c1-4-38-30(37)20-9-13-22(14-10-20)34-28(36)26-19(3)32-29(23(16-31)27(26)24-6-5-15-39-24)40-17-25(35)33-21-11-7-18(2)8-12-21/h5-15,27,32H,4,17H2,1-3H3,(H,33,35)(H,34,36)/t27-/m0/s1. The number of esters is 1. The molecule has 204 valence electrons. The van der Waals surface area contributed by atoms with E-state index in [2.05, 4.69) is 22.0 Å². The summed E-state index contributed by atoms with van der Waals surface area (Å²) in [6.07, 6.45) is 1.48. The highest BCUT2D eigenvalue weighted by Crippen LogP contribution is 2.41. The van der Waals surface area contributed by atoms with Gasteiger partial charge in [-0.25, -0.2) is 4.79 Å². The van der Waals surface area contributed by atoms with Gasteiger partial charge < -0.3 is 25.1 Å². The third-order valence-electron chi connectivity index (χ3n) is 6.06. The molecular formula is C30H28N4O5S. The van der Waals surface area contributed by atoms with E-state index in [-0.39, 0.29) is 23.8 Å². The molecule has 40 heavy (non-hydrogen) atoms. The van der Waals surface area contributed by atoms with Crippen LogP contribution in [0.2, 0.25) is 0 Å². The maximum absolute atomic E-state index is 13.5. The molecule has 9 nitrogen and oxygen atoms in total. The highest BCUT2D eigenvalue weighted by Gasteiger charge is 2.36. The predicted octanol–water partition coefficient (Wildman–Crippen LogP) is 5.47. The lowest BCUT2D eigenvalue weighted by Gasteiger charge is -2.28. The Morgan fingerprint density at radius 2 is 1.70 bits per heavy atom. The molecule has 0 bridgehead atoms. The predicted molar refractivity (Wildman–Crippen MR) is 153 cm³/mol. The van der Waals surface area contributed by atoms with Crippen molar-refractivity contribution in [3.8, 4) is 6.07 Å². The minimum Gasteiger partial charge on any atom is -0.468 e. The summed E-state index contributed by atoms with van der Waals surface area (Å²) in [6, 6.07) is 19.4. The fourth-order valence-corrected chi connectivity index (χ4v) is 5.03. The van der Waals surface area contributed by atoms with Crippen molar-refractivity contribution in [2.75, 3.05) is 23.0 Å². The molecule has 4 rings (SSSR count). The minimum absolute atomic E-state index is 0.0495. The van der Waals surface area contributed by atoms with E-state index in [4.69, 9.17) is 9.15 Å². The number of benzene rings is 2. The van der Waals surface area contributed by atoms with Gasteiger partial charge in [0.15, 0.2) is 0 Å². The van der Waals surface area contributed by atoms with Crippen LogP contribution in [-0.2, 0) is 14.3 Å². The van der Waals surface area contributed by atoms with E-state index in [9.17, 15) is 19.6 Å². The van der Waals surface area contributed by atoms with Gasteiger partial charge in [0.05, 0.1) is 52.3 Å². The molecule has 0 radical (unpaired) electrons. The monoisotopic (exact) mass is 556 g/mol. The smallest absolute Gasteiger partial charge is 0.338 e. The number of nitrogens with zero attached hydrogens (tertiary/aromatic N) is 1. The van der Waals surface area contributed by atoms with Crippen LogP contribution in [0, 0.1) is 18.3 Å². The summed E-state index contributed by atoms with van der Waals surface area (Å²) in [5.74, 6) is -1.44. The summed E-state index contributed by atoms with van der Waals surface area (Å²) >= 11 is 1.17. The second kappa shape index (κ2) is 12.9. The number of thioether (sulfide) groups is 1. The zero-order valence-corrected chi connectivity index (χ0v) is 23.1. The number of ether oxygens (including phenoxy) is 1. The van der Waals surface area contributed by atoms with Crippen molar-refractivity contribution in [3.05, 3.63) is 106 Å². The van der Waals surface area contributed by atoms with Crippen molar-refractivity contribution in [1.82, 2.24) is 5.32 Å². The van der Waals surface area contributed by atoms with Crippen molar-refractivity contribution in [1.29, 1.82) is 5.26 Å². The number of hydrogen-bond donors (Lipinski definition) is 3. The number of nitrogens with one attached hydrogen (secondary N) is 3. The molecule has 2 amide bonds. The van der Waals surface area contributed by atoms with Gasteiger partial charge in [-0.1, -0.05) is 29.5 Å². The van der Waals surface area contributed by atoms with Gasteiger partial charge in [0.25, 0.3) is 5.91 Å².